The maximum atomic E-state index is 2.44. The third kappa shape index (κ3) is 11.6. The van der Waals surface area contributed by atoms with Crippen molar-refractivity contribution >= 4 is 0 Å². The lowest BCUT2D eigenvalue weighted by molar-refractivity contribution is 0.290. The molecule has 0 atom stereocenters. The second kappa shape index (κ2) is 8.96. The largest absolute Gasteiger partial charge is 0.306 e. The molecule has 0 saturated carbocycles. The molecule has 15 heavy (non-hydrogen) atoms. The van der Waals surface area contributed by atoms with E-state index in [9.17, 15) is 0 Å². The van der Waals surface area contributed by atoms with Gasteiger partial charge in [0.2, 0.25) is 0 Å². The molecular weight excluding hydrogens is 182 g/mol. The van der Waals surface area contributed by atoms with E-state index in [1.807, 2.05) is 0 Å². The van der Waals surface area contributed by atoms with Crippen LogP contribution in [0.2, 0.25) is 0 Å². The smallest absolute Gasteiger partial charge is 0.000133 e. The Hall–Kier alpha value is -0.300. The zero-order chi connectivity index (χ0) is 11.7. The second-order valence-corrected chi connectivity index (χ2v) is 5.32. The Kier molecular flexibility index (Phi) is 8.79. The summed E-state index contributed by atoms with van der Waals surface area (Å²) in [4.78, 5) is 2.44. The highest BCUT2D eigenvalue weighted by atomic mass is 15.1. The average Bonchev–Trinajstić information content (AvgIpc) is 2.09. The zero-order valence-corrected chi connectivity index (χ0v) is 11.3. The number of hydrogen-bond acceptors (Lipinski definition) is 1. The molecule has 0 unspecified atom stereocenters. The summed E-state index contributed by atoms with van der Waals surface area (Å²) in [6, 6.07) is 0. The summed E-state index contributed by atoms with van der Waals surface area (Å²) in [5.41, 5.74) is 0. The molecule has 0 aliphatic carbocycles. The topological polar surface area (TPSA) is 3.24 Å². The molecule has 0 aromatic carbocycles. The lowest BCUT2D eigenvalue weighted by atomic mass is 10.1. The summed E-state index contributed by atoms with van der Waals surface area (Å²) in [6.45, 7) is 11.5. The Morgan fingerprint density at radius 3 is 2.27 bits per heavy atom. The summed E-state index contributed by atoms with van der Waals surface area (Å²) < 4.78 is 0. The molecule has 0 spiro atoms. The number of hydrogen-bond donors (Lipinski definition) is 0. The zero-order valence-electron chi connectivity index (χ0n) is 11.3. The quantitative estimate of drug-likeness (QED) is 0.434. The van der Waals surface area contributed by atoms with Gasteiger partial charge < -0.3 is 4.90 Å². The van der Waals surface area contributed by atoms with Crippen LogP contribution >= 0.6 is 0 Å². The molecule has 1 nitrogen and oxygen atoms in total. The fourth-order valence-corrected chi connectivity index (χ4v) is 1.73. The lowest BCUT2D eigenvalue weighted by Crippen LogP contribution is -2.24. The van der Waals surface area contributed by atoms with Gasteiger partial charge in [-0.05, 0) is 44.7 Å². The number of nitrogens with zero attached hydrogens (tertiary/aromatic N) is 1. The Morgan fingerprint density at radius 1 is 1.07 bits per heavy atom. The van der Waals surface area contributed by atoms with E-state index in [1.54, 1.807) is 0 Å². The molecule has 0 aliphatic heterocycles. The number of unbranched alkanes of at least 4 members (excludes halogenated alkanes) is 2. The summed E-state index contributed by atoms with van der Waals surface area (Å²) in [7, 11) is 2.23. The maximum Gasteiger partial charge on any atom is 0.000133 e. The van der Waals surface area contributed by atoms with Gasteiger partial charge >= 0.3 is 0 Å². The van der Waals surface area contributed by atoms with Crippen LogP contribution in [-0.2, 0) is 0 Å². The van der Waals surface area contributed by atoms with Gasteiger partial charge in [0.1, 0.15) is 0 Å². The fourth-order valence-electron chi connectivity index (χ4n) is 1.73. The van der Waals surface area contributed by atoms with Gasteiger partial charge in [-0.25, -0.2) is 0 Å². The summed E-state index contributed by atoms with van der Waals surface area (Å²) in [6.07, 6.45) is 8.52. The molecule has 0 aromatic heterocycles. The molecule has 0 heterocycles. The predicted octanol–water partition coefficient (Wildman–Crippen LogP) is 3.96. The molecule has 0 aromatic rings. The predicted molar refractivity (Wildman–Crippen MR) is 70.2 cm³/mol. The van der Waals surface area contributed by atoms with E-state index >= 15 is 0 Å². The number of allylic oxidation sites excluding steroid dienone is 2. The van der Waals surface area contributed by atoms with Crippen LogP contribution in [0.5, 0.6) is 0 Å². The minimum absolute atomic E-state index is 0.702. The minimum atomic E-state index is 0.702. The van der Waals surface area contributed by atoms with Crippen molar-refractivity contribution in [2.24, 2.45) is 11.8 Å². The van der Waals surface area contributed by atoms with Gasteiger partial charge in [-0.3, -0.25) is 0 Å². The van der Waals surface area contributed by atoms with E-state index in [0.29, 0.717) is 5.92 Å². The fraction of sp³-hybridized carbons (Fsp3) is 0.857. The molecule has 0 aliphatic rings. The molecule has 0 N–H and O–H groups in total. The standard InChI is InChI=1S/C14H29N/c1-13(2)10-8-6-7-9-11-15(5)12-14(3)4/h8,10,13-14H,6-7,9,11-12H2,1-5H3. The van der Waals surface area contributed by atoms with Crippen molar-refractivity contribution in [3.05, 3.63) is 12.2 Å². The van der Waals surface area contributed by atoms with Crippen LogP contribution in [0.1, 0.15) is 47.0 Å². The molecule has 0 radical (unpaired) electrons. The van der Waals surface area contributed by atoms with Crippen LogP contribution in [-0.4, -0.2) is 25.0 Å². The first-order valence-electron chi connectivity index (χ1n) is 6.37. The molecule has 1 heteroatoms. The van der Waals surface area contributed by atoms with Crippen molar-refractivity contribution in [2.45, 2.75) is 47.0 Å². The van der Waals surface area contributed by atoms with Gasteiger partial charge in [-0.2, -0.15) is 0 Å². The molecule has 0 bridgehead atoms. The highest BCUT2D eigenvalue weighted by molar-refractivity contribution is 4.84. The van der Waals surface area contributed by atoms with Gasteiger partial charge in [-0.1, -0.05) is 39.8 Å². The minimum Gasteiger partial charge on any atom is -0.306 e. The third-order valence-corrected chi connectivity index (χ3v) is 2.36. The van der Waals surface area contributed by atoms with E-state index in [0.717, 1.165) is 5.92 Å². The van der Waals surface area contributed by atoms with Crippen LogP contribution in [0.25, 0.3) is 0 Å². The van der Waals surface area contributed by atoms with Crippen LogP contribution in [0.4, 0.5) is 0 Å². The molecule has 0 rings (SSSR count). The third-order valence-electron chi connectivity index (χ3n) is 2.36. The first-order valence-corrected chi connectivity index (χ1v) is 6.37. The van der Waals surface area contributed by atoms with E-state index in [-0.39, 0.29) is 0 Å². The van der Waals surface area contributed by atoms with Crippen molar-refractivity contribution in [3.63, 3.8) is 0 Å². The Balaban J connectivity index is 3.31. The van der Waals surface area contributed by atoms with Crippen LogP contribution in [0.15, 0.2) is 12.2 Å². The van der Waals surface area contributed by atoms with Crippen LogP contribution in [0.3, 0.4) is 0 Å². The van der Waals surface area contributed by atoms with Crippen molar-refractivity contribution in [3.8, 4) is 0 Å². The SMILES string of the molecule is CC(C)C=CCCCCN(C)CC(C)C. The Labute approximate surface area is 96.6 Å². The van der Waals surface area contributed by atoms with Gasteiger partial charge in [0.15, 0.2) is 0 Å². The molecule has 0 amide bonds. The van der Waals surface area contributed by atoms with Crippen molar-refractivity contribution in [1.29, 1.82) is 0 Å². The average molecular weight is 211 g/mol. The summed E-state index contributed by atoms with van der Waals surface area (Å²) in [5.74, 6) is 1.49. The van der Waals surface area contributed by atoms with Gasteiger partial charge in [0.25, 0.3) is 0 Å². The normalized spacial score (nSPS) is 12.5. The molecule has 0 saturated heterocycles. The first kappa shape index (κ1) is 14.7. The van der Waals surface area contributed by atoms with Gasteiger partial charge in [-0.15, -0.1) is 0 Å². The highest BCUT2D eigenvalue weighted by Gasteiger charge is 2.00. The Bertz CT molecular complexity index is 159. The van der Waals surface area contributed by atoms with Crippen molar-refractivity contribution in [1.82, 2.24) is 4.90 Å². The van der Waals surface area contributed by atoms with E-state index in [1.165, 1.54) is 32.4 Å². The Morgan fingerprint density at radius 2 is 1.73 bits per heavy atom. The van der Waals surface area contributed by atoms with E-state index < -0.39 is 0 Å². The molecule has 90 valence electrons. The summed E-state index contributed by atoms with van der Waals surface area (Å²) >= 11 is 0. The van der Waals surface area contributed by atoms with Crippen LogP contribution in [0, 0.1) is 11.8 Å². The maximum absolute atomic E-state index is 2.44. The first-order chi connectivity index (χ1) is 7.02. The number of rotatable bonds is 8. The monoisotopic (exact) mass is 211 g/mol. The van der Waals surface area contributed by atoms with E-state index in [2.05, 4.69) is 51.8 Å². The van der Waals surface area contributed by atoms with E-state index in [4.69, 9.17) is 0 Å². The van der Waals surface area contributed by atoms with Crippen LogP contribution < -0.4 is 0 Å². The van der Waals surface area contributed by atoms with Gasteiger partial charge in [0.05, 0.1) is 0 Å². The molecular formula is C14H29N. The molecule has 0 fully saturated rings. The second-order valence-electron chi connectivity index (χ2n) is 5.32. The van der Waals surface area contributed by atoms with Crippen molar-refractivity contribution in [2.75, 3.05) is 20.1 Å². The lowest BCUT2D eigenvalue weighted by Gasteiger charge is -2.18. The highest BCUT2D eigenvalue weighted by Crippen LogP contribution is 2.03. The van der Waals surface area contributed by atoms with Gasteiger partial charge in [0, 0.05) is 6.54 Å². The van der Waals surface area contributed by atoms with Crippen molar-refractivity contribution < 1.29 is 0 Å². The summed E-state index contributed by atoms with van der Waals surface area (Å²) in [5, 5.41) is 0.